The fraction of sp³-hybridized carbons (Fsp3) is 0.261. The number of benzene rings is 2. The number of aryl methyl sites for hydroxylation is 1. The molecule has 0 aliphatic carbocycles. The van der Waals surface area contributed by atoms with Gasteiger partial charge in [0.05, 0.1) is 35.5 Å². The maximum atomic E-state index is 13.1. The third kappa shape index (κ3) is 3.71. The fourth-order valence-corrected chi connectivity index (χ4v) is 4.42. The van der Waals surface area contributed by atoms with Crippen molar-refractivity contribution in [2.24, 2.45) is 7.05 Å². The molecule has 5 rings (SSSR count). The highest BCUT2D eigenvalue weighted by molar-refractivity contribution is 6.37. The Morgan fingerprint density at radius 3 is 2.61 bits per heavy atom. The van der Waals surface area contributed by atoms with E-state index < -0.39 is 0 Å². The molecule has 0 bridgehead atoms. The number of aromatic amines is 1. The number of ether oxygens (including phenoxy) is 1. The van der Waals surface area contributed by atoms with Crippen LogP contribution in [0.25, 0.3) is 22.2 Å². The lowest BCUT2D eigenvalue weighted by molar-refractivity contribution is 0.122. The van der Waals surface area contributed by atoms with Gasteiger partial charge >= 0.3 is 0 Å². The molecule has 0 amide bonds. The van der Waals surface area contributed by atoms with Crippen LogP contribution in [-0.2, 0) is 18.2 Å². The lowest BCUT2D eigenvalue weighted by atomic mass is 10.1. The predicted octanol–water partition coefficient (Wildman–Crippen LogP) is 3.40. The molecule has 158 valence electrons. The number of hydrogen-bond donors (Lipinski definition) is 1. The number of anilines is 1. The van der Waals surface area contributed by atoms with Crippen LogP contribution in [-0.4, -0.2) is 46.1 Å². The van der Waals surface area contributed by atoms with Crippen molar-refractivity contribution in [3.8, 4) is 11.1 Å². The Hall–Kier alpha value is -3.16. The van der Waals surface area contributed by atoms with Crippen molar-refractivity contribution in [2.45, 2.75) is 6.42 Å². The summed E-state index contributed by atoms with van der Waals surface area (Å²) < 4.78 is 7.01. The lowest BCUT2D eigenvalue weighted by Crippen LogP contribution is -2.36. The number of nitrogens with one attached hydrogen (secondary N) is 1. The smallest absolute Gasteiger partial charge is 0.272 e. The summed E-state index contributed by atoms with van der Waals surface area (Å²) in [5.41, 5.74) is 5.57. The second-order valence-corrected chi connectivity index (χ2v) is 8.03. The third-order valence-corrected chi connectivity index (χ3v) is 6.11. The van der Waals surface area contributed by atoms with E-state index in [2.05, 4.69) is 44.3 Å². The van der Waals surface area contributed by atoms with Crippen LogP contribution in [0.5, 0.6) is 0 Å². The van der Waals surface area contributed by atoms with Crippen LogP contribution in [0.2, 0.25) is 5.02 Å². The van der Waals surface area contributed by atoms with Crippen LogP contribution in [0, 0.1) is 0 Å². The van der Waals surface area contributed by atoms with Gasteiger partial charge in [-0.05, 0) is 23.8 Å². The molecule has 4 aromatic rings. The van der Waals surface area contributed by atoms with E-state index in [9.17, 15) is 4.79 Å². The van der Waals surface area contributed by atoms with Crippen LogP contribution in [0.1, 0.15) is 11.3 Å². The van der Waals surface area contributed by atoms with Crippen molar-refractivity contribution >= 4 is 28.3 Å². The average molecular weight is 436 g/mol. The van der Waals surface area contributed by atoms with Gasteiger partial charge in [0.15, 0.2) is 0 Å². The SMILES string of the molecule is Cn1c(=O)c(Cc2ccc(N3CCOCC3)cc2)nc2ccc(-c3cn[nH]c3)c(Cl)c21. The Morgan fingerprint density at radius 1 is 1.13 bits per heavy atom. The highest BCUT2D eigenvalue weighted by atomic mass is 35.5. The van der Waals surface area contributed by atoms with E-state index in [-0.39, 0.29) is 5.56 Å². The molecule has 1 aliphatic heterocycles. The van der Waals surface area contributed by atoms with Gasteiger partial charge < -0.3 is 14.2 Å². The van der Waals surface area contributed by atoms with E-state index in [1.807, 2.05) is 12.1 Å². The molecule has 0 unspecified atom stereocenters. The van der Waals surface area contributed by atoms with E-state index in [0.717, 1.165) is 43.0 Å². The number of fused-ring (bicyclic) bond motifs is 1. The zero-order valence-corrected chi connectivity index (χ0v) is 17.9. The Labute approximate surface area is 184 Å². The van der Waals surface area contributed by atoms with Crippen molar-refractivity contribution in [2.75, 3.05) is 31.2 Å². The molecule has 1 saturated heterocycles. The van der Waals surface area contributed by atoms with Crippen molar-refractivity contribution in [3.63, 3.8) is 0 Å². The van der Waals surface area contributed by atoms with Crippen molar-refractivity contribution < 1.29 is 4.74 Å². The summed E-state index contributed by atoms with van der Waals surface area (Å²) in [7, 11) is 1.74. The first-order chi connectivity index (χ1) is 15.1. The minimum atomic E-state index is -0.143. The molecule has 1 fully saturated rings. The molecule has 0 atom stereocenters. The Kier molecular flexibility index (Phi) is 5.21. The van der Waals surface area contributed by atoms with E-state index in [1.54, 1.807) is 24.0 Å². The molecular formula is C23H22ClN5O2. The van der Waals surface area contributed by atoms with Gasteiger partial charge in [-0.3, -0.25) is 9.89 Å². The van der Waals surface area contributed by atoms with E-state index in [1.165, 1.54) is 5.69 Å². The number of hydrogen-bond acceptors (Lipinski definition) is 5. The summed E-state index contributed by atoms with van der Waals surface area (Å²) in [4.78, 5) is 20.0. The number of rotatable bonds is 4. The average Bonchev–Trinajstić information content (AvgIpc) is 3.33. The van der Waals surface area contributed by atoms with Crippen LogP contribution >= 0.6 is 11.6 Å². The third-order valence-electron chi connectivity index (χ3n) is 5.73. The van der Waals surface area contributed by atoms with E-state index >= 15 is 0 Å². The number of H-pyrrole nitrogens is 1. The van der Waals surface area contributed by atoms with Gasteiger partial charge in [0, 0.05) is 49.6 Å². The highest BCUT2D eigenvalue weighted by Crippen LogP contribution is 2.32. The van der Waals surface area contributed by atoms with Gasteiger partial charge in [-0.2, -0.15) is 5.10 Å². The van der Waals surface area contributed by atoms with Gasteiger partial charge in [0.2, 0.25) is 0 Å². The summed E-state index contributed by atoms with van der Waals surface area (Å²) >= 11 is 6.66. The molecule has 2 aromatic heterocycles. The molecule has 8 heteroatoms. The topological polar surface area (TPSA) is 76.0 Å². The molecule has 2 aromatic carbocycles. The van der Waals surface area contributed by atoms with Crippen LogP contribution < -0.4 is 10.5 Å². The zero-order valence-electron chi connectivity index (χ0n) is 17.1. The fourth-order valence-electron chi connectivity index (χ4n) is 4.03. The van der Waals surface area contributed by atoms with Gasteiger partial charge in [-0.15, -0.1) is 0 Å². The van der Waals surface area contributed by atoms with Crippen LogP contribution in [0.4, 0.5) is 5.69 Å². The molecule has 31 heavy (non-hydrogen) atoms. The predicted molar refractivity (Wildman–Crippen MR) is 122 cm³/mol. The van der Waals surface area contributed by atoms with Gasteiger partial charge in [-0.25, -0.2) is 4.98 Å². The lowest BCUT2D eigenvalue weighted by Gasteiger charge is -2.28. The van der Waals surface area contributed by atoms with Crippen LogP contribution in [0.15, 0.2) is 53.6 Å². The van der Waals surface area contributed by atoms with Gasteiger partial charge in [-0.1, -0.05) is 29.8 Å². The largest absolute Gasteiger partial charge is 0.378 e. The highest BCUT2D eigenvalue weighted by Gasteiger charge is 2.16. The summed E-state index contributed by atoms with van der Waals surface area (Å²) in [6, 6.07) is 12.1. The summed E-state index contributed by atoms with van der Waals surface area (Å²) in [5.74, 6) is 0. The maximum Gasteiger partial charge on any atom is 0.272 e. The quantitative estimate of drug-likeness (QED) is 0.531. The first-order valence-electron chi connectivity index (χ1n) is 10.2. The molecule has 0 radical (unpaired) electrons. The number of halogens is 1. The minimum absolute atomic E-state index is 0.143. The molecule has 0 saturated carbocycles. The Morgan fingerprint density at radius 2 is 1.90 bits per heavy atom. The molecule has 3 heterocycles. The Balaban J connectivity index is 1.47. The summed E-state index contributed by atoms with van der Waals surface area (Å²) in [6.45, 7) is 3.30. The van der Waals surface area contributed by atoms with Crippen molar-refractivity contribution in [1.82, 2.24) is 19.7 Å². The van der Waals surface area contributed by atoms with E-state index in [4.69, 9.17) is 16.3 Å². The number of morpholine rings is 1. The number of aromatic nitrogens is 4. The zero-order chi connectivity index (χ0) is 21.4. The maximum absolute atomic E-state index is 13.1. The molecule has 0 spiro atoms. The van der Waals surface area contributed by atoms with Gasteiger partial charge in [0.25, 0.3) is 5.56 Å². The molecule has 1 aliphatic rings. The Bertz CT molecular complexity index is 1280. The first-order valence-corrected chi connectivity index (χ1v) is 10.6. The van der Waals surface area contributed by atoms with Crippen molar-refractivity contribution in [3.05, 3.63) is 75.4 Å². The van der Waals surface area contributed by atoms with Crippen LogP contribution in [0.3, 0.4) is 0 Å². The molecule has 7 nitrogen and oxygen atoms in total. The van der Waals surface area contributed by atoms with Crippen molar-refractivity contribution in [1.29, 1.82) is 0 Å². The summed E-state index contributed by atoms with van der Waals surface area (Å²) in [6.07, 6.45) is 3.94. The first kappa shape index (κ1) is 19.8. The minimum Gasteiger partial charge on any atom is -0.378 e. The van der Waals surface area contributed by atoms with E-state index in [0.29, 0.717) is 28.2 Å². The van der Waals surface area contributed by atoms with Gasteiger partial charge in [0.1, 0.15) is 5.69 Å². The standard InChI is InChI=1S/C23H22ClN5O2/c1-28-22-19(7-6-18(21(22)24)16-13-25-26-14-16)27-20(23(28)30)12-15-2-4-17(5-3-15)29-8-10-31-11-9-29/h2-7,13-14H,8-12H2,1H3,(H,25,26). The molecule has 1 N–H and O–H groups in total. The summed E-state index contributed by atoms with van der Waals surface area (Å²) in [5, 5.41) is 7.26. The second-order valence-electron chi connectivity index (χ2n) is 7.65. The normalized spacial score (nSPS) is 14.3. The monoisotopic (exact) mass is 435 g/mol. The number of nitrogens with zero attached hydrogens (tertiary/aromatic N) is 4. The second kappa shape index (κ2) is 8.17. The molecular weight excluding hydrogens is 414 g/mol.